The van der Waals surface area contributed by atoms with E-state index < -0.39 is 0 Å². The normalized spacial score (nSPS) is 14.4. The molecule has 1 aromatic carbocycles. The summed E-state index contributed by atoms with van der Waals surface area (Å²) in [5.74, 6) is -0.501. The molecule has 0 amide bonds. The van der Waals surface area contributed by atoms with Gasteiger partial charge in [0.15, 0.2) is 5.78 Å². The molecule has 3 rings (SSSR count). The van der Waals surface area contributed by atoms with Crippen LogP contribution in [0.15, 0.2) is 48.2 Å². The van der Waals surface area contributed by atoms with Crippen molar-refractivity contribution in [2.75, 3.05) is 0 Å². The van der Waals surface area contributed by atoms with Crippen LogP contribution in [-0.4, -0.2) is 10.8 Å². The van der Waals surface area contributed by atoms with Gasteiger partial charge in [-0.25, -0.2) is 4.39 Å². The molecule has 0 aliphatic heterocycles. The van der Waals surface area contributed by atoms with Gasteiger partial charge in [0.2, 0.25) is 0 Å². The summed E-state index contributed by atoms with van der Waals surface area (Å²) in [4.78, 5) is 16.9. The minimum absolute atomic E-state index is 0.124. The number of benzene rings is 1. The highest BCUT2D eigenvalue weighted by molar-refractivity contribution is 6.30. The van der Waals surface area contributed by atoms with Crippen molar-refractivity contribution in [3.8, 4) is 0 Å². The topological polar surface area (TPSA) is 30.0 Å². The first-order valence-corrected chi connectivity index (χ1v) is 6.67. The zero-order valence-corrected chi connectivity index (χ0v) is 11.2. The van der Waals surface area contributed by atoms with E-state index in [1.807, 2.05) is 25.1 Å². The number of aromatic nitrogens is 1. The molecule has 0 atom stereocenters. The number of rotatable bonds is 2. The largest absolute Gasteiger partial charge is 0.289 e. The van der Waals surface area contributed by atoms with Crippen LogP contribution in [0, 0.1) is 5.82 Å². The molecule has 0 saturated heterocycles. The van der Waals surface area contributed by atoms with Crippen molar-refractivity contribution in [1.29, 1.82) is 0 Å². The quantitative estimate of drug-likeness (QED) is 0.827. The van der Waals surface area contributed by atoms with E-state index >= 15 is 0 Å². The van der Waals surface area contributed by atoms with Gasteiger partial charge in [-0.2, -0.15) is 0 Å². The number of Topliss-reactive ketones (excluding diaryl/α,β-unsaturated/α-hetero) is 1. The Bertz CT molecular complexity index is 704. The van der Waals surface area contributed by atoms with E-state index in [4.69, 9.17) is 0 Å². The Hall–Kier alpha value is -2.29. The highest BCUT2D eigenvalue weighted by atomic mass is 19.1. The molecule has 0 saturated carbocycles. The van der Waals surface area contributed by atoms with Crippen LogP contribution in [0.4, 0.5) is 4.39 Å². The number of ketones is 1. The fraction of sp³-hybridized carbons (Fsp3) is 0.176. The molecular weight excluding hydrogens is 253 g/mol. The maximum absolute atomic E-state index is 13.4. The zero-order chi connectivity index (χ0) is 14.1. The van der Waals surface area contributed by atoms with Crippen LogP contribution < -0.4 is 0 Å². The van der Waals surface area contributed by atoms with Gasteiger partial charge in [-0.05, 0) is 42.7 Å². The summed E-state index contributed by atoms with van der Waals surface area (Å²) in [6, 6.07) is 9.94. The molecule has 1 aromatic heterocycles. The van der Waals surface area contributed by atoms with E-state index in [2.05, 4.69) is 4.98 Å². The van der Waals surface area contributed by atoms with E-state index in [0.29, 0.717) is 23.3 Å². The average Bonchev–Trinajstić information content (AvgIpc) is 2.48. The first-order chi connectivity index (χ1) is 9.70. The molecule has 20 heavy (non-hydrogen) atoms. The summed E-state index contributed by atoms with van der Waals surface area (Å²) in [6.07, 6.45) is 3.14. The van der Waals surface area contributed by atoms with Crippen LogP contribution in [0.2, 0.25) is 0 Å². The molecule has 0 bridgehead atoms. The molecule has 100 valence electrons. The average molecular weight is 267 g/mol. The minimum atomic E-state index is -0.377. The minimum Gasteiger partial charge on any atom is -0.289 e. The molecule has 0 spiro atoms. The Morgan fingerprint density at radius 1 is 1.25 bits per heavy atom. The van der Waals surface area contributed by atoms with E-state index in [0.717, 1.165) is 17.6 Å². The molecule has 0 fully saturated rings. The van der Waals surface area contributed by atoms with Gasteiger partial charge in [-0.15, -0.1) is 0 Å². The third kappa shape index (κ3) is 2.05. The Morgan fingerprint density at radius 3 is 2.80 bits per heavy atom. The van der Waals surface area contributed by atoms with Gasteiger partial charge >= 0.3 is 0 Å². The van der Waals surface area contributed by atoms with Gasteiger partial charge in [-0.1, -0.05) is 24.6 Å². The molecule has 2 aromatic rings. The molecule has 0 N–H and O–H groups in total. The van der Waals surface area contributed by atoms with Crippen molar-refractivity contribution >= 4 is 11.4 Å². The second-order valence-corrected chi connectivity index (χ2v) is 4.85. The lowest BCUT2D eigenvalue weighted by atomic mass is 9.82. The third-order valence-electron chi connectivity index (χ3n) is 3.65. The molecule has 3 heteroatoms. The molecular formula is C17H14FNO. The fourth-order valence-corrected chi connectivity index (χ4v) is 2.64. The molecule has 1 aliphatic carbocycles. The summed E-state index contributed by atoms with van der Waals surface area (Å²) >= 11 is 0. The van der Waals surface area contributed by atoms with Crippen LogP contribution in [0.25, 0.3) is 5.57 Å². The van der Waals surface area contributed by atoms with Crippen molar-refractivity contribution in [2.24, 2.45) is 0 Å². The molecule has 0 radical (unpaired) electrons. The number of hydrogen-bond acceptors (Lipinski definition) is 2. The smallest absolute Gasteiger partial charge is 0.195 e. The highest BCUT2D eigenvalue weighted by Gasteiger charge is 2.27. The second-order valence-electron chi connectivity index (χ2n) is 4.85. The lowest BCUT2D eigenvalue weighted by Gasteiger charge is -2.21. The SMILES string of the molecule is CCC1=C(c2ccccn2)C(=O)c2cc(F)ccc2C1. The van der Waals surface area contributed by atoms with Crippen molar-refractivity contribution < 1.29 is 9.18 Å². The van der Waals surface area contributed by atoms with E-state index in [9.17, 15) is 9.18 Å². The summed E-state index contributed by atoms with van der Waals surface area (Å²) in [6.45, 7) is 2.03. The maximum atomic E-state index is 13.4. The number of fused-ring (bicyclic) bond motifs is 1. The van der Waals surface area contributed by atoms with Crippen LogP contribution in [-0.2, 0) is 6.42 Å². The number of allylic oxidation sites excluding steroid dienone is 2. The second kappa shape index (κ2) is 5.00. The van der Waals surface area contributed by atoms with Gasteiger partial charge in [0.25, 0.3) is 0 Å². The van der Waals surface area contributed by atoms with E-state index in [1.54, 1.807) is 12.3 Å². The van der Waals surface area contributed by atoms with Gasteiger partial charge in [0.05, 0.1) is 5.69 Å². The number of carbonyl (C=O) groups excluding carboxylic acids is 1. The Kier molecular flexibility index (Phi) is 3.18. The standard InChI is InChI=1S/C17H14FNO/c1-2-11-9-12-6-7-13(18)10-14(12)17(20)16(11)15-5-3-4-8-19-15/h3-8,10H,2,9H2,1H3. The molecule has 0 unspecified atom stereocenters. The maximum Gasteiger partial charge on any atom is 0.195 e. The number of nitrogens with zero attached hydrogens (tertiary/aromatic N) is 1. The Labute approximate surface area is 117 Å². The van der Waals surface area contributed by atoms with Crippen molar-refractivity contribution in [2.45, 2.75) is 19.8 Å². The first-order valence-electron chi connectivity index (χ1n) is 6.67. The number of carbonyl (C=O) groups is 1. The Morgan fingerprint density at radius 2 is 2.10 bits per heavy atom. The lowest BCUT2D eigenvalue weighted by molar-refractivity contribution is 0.105. The molecule has 2 nitrogen and oxygen atoms in total. The van der Waals surface area contributed by atoms with Gasteiger partial charge in [0, 0.05) is 17.3 Å². The highest BCUT2D eigenvalue weighted by Crippen LogP contribution is 2.33. The third-order valence-corrected chi connectivity index (χ3v) is 3.65. The summed E-state index contributed by atoms with van der Waals surface area (Å²) < 4.78 is 13.4. The first kappa shape index (κ1) is 12.7. The zero-order valence-electron chi connectivity index (χ0n) is 11.2. The predicted octanol–water partition coefficient (Wildman–Crippen LogP) is 3.82. The van der Waals surface area contributed by atoms with E-state index in [1.165, 1.54) is 12.1 Å². The number of halogens is 1. The van der Waals surface area contributed by atoms with Crippen LogP contribution in [0.3, 0.4) is 0 Å². The lowest BCUT2D eigenvalue weighted by Crippen LogP contribution is -2.16. The van der Waals surface area contributed by atoms with Crippen LogP contribution in [0.5, 0.6) is 0 Å². The number of pyridine rings is 1. The van der Waals surface area contributed by atoms with Gasteiger partial charge in [0.1, 0.15) is 5.82 Å². The summed E-state index contributed by atoms with van der Waals surface area (Å²) in [7, 11) is 0. The monoisotopic (exact) mass is 267 g/mol. The fourth-order valence-electron chi connectivity index (χ4n) is 2.64. The predicted molar refractivity (Wildman–Crippen MR) is 75.9 cm³/mol. The van der Waals surface area contributed by atoms with Crippen molar-refractivity contribution in [1.82, 2.24) is 4.98 Å². The van der Waals surface area contributed by atoms with Gasteiger partial charge in [-0.3, -0.25) is 9.78 Å². The molecule has 1 heterocycles. The number of hydrogen-bond donors (Lipinski definition) is 0. The molecule has 1 aliphatic rings. The van der Waals surface area contributed by atoms with E-state index in [-0.39, 0.29) is 11.6 Å². The summed E-state index contributed by atoms with van der Waals surface area (Å²) in [5, 5.41) is 0. The van der Waals surface area contributed by atoms with Crippen molar-refractivity contribution in [3.05, 3.63) is 70.8 Å². The van der Waals surface area contributed by atoms with Crippen LogP contribution in [0.1, 0.15) is 35.0 Å². The summed E-state index contributed by atoms with van der Waals surface area (Å²) in [5.41, 5.74) is 3.72. The van der Waals surface area contributed by atoms with Gasteiger partial charge < -0.3 is 0 Å². The van der Waals surface area contributed by atoms with Crippen molar-refractivity contribution in [3.63, 3.8) is 0 Å². The Balaban J connectivity index is 2.17. The van der Waals surface area contributed by atoms with Crippen LogP contribution >= 0.6 is 0 Å².